The standard InChI is InChI=1S/C18H27N3O2/c1-12-17(21-10-6-9-15(21)18(22)23-3)14-8-5-4-7-13(14)16(11-19)20(12)2/h4-5,7-8,12,15-17H,6,9-11,19H2,1-3H3. The number of nitrogens with zero attached hydrogens (tertiary/aromatic N) is 2. The van der Waals surface area contributed by atoms with E-state index < -0.39 is 0 Å². The second kappa shape index (κ2) is 6.59. The number of rotatable bonds is 3. The highest BCUT2D eigenvalue weighted by Gasteiger charge is 2.44. The average molecular weight is 317 g/mol. The maximum atomic E-state index is 12.2. The van der Waals surface area contributed by atoms with Gasteiger partial charge in [-0.3, -0.25) is 14.6 Å². The number of carbonyl (C=O) groups is 1. The van der Waals surface area contributed by atoms with Crippen LogP contribution in [-0.4, -0.2) is 55.1 Å². The number of benzene rings is 1. The molecule has 0 spiro atoms. The summed E-state index contributed by atoms with van der Waals surface area (Å²) in [6, 6.07) is 9.11. The molecule has 23 heavy (non-hydrogen) atoms. The lowest BCUT2D eigenvalue weighted by molar-refractivity contribution is -0.147. The highest BCUT2D eigenvalue weighted by molar-refractivity contribution is 5.76. The van der Waals surface area contributed by atoms with Gasteiger partial charge < -0.3 is 10.5 Å². The smallest absolute Gasteiger partial charge is 0.323 e. The van der Waals surface area contributed by atoms with Gasteiger partial charge >= 0.3 is 5.97 Å². The molecule has 126 valence electrons. The van der Waals surface area contributed by atoms with Crippen molar-refractivity contribution in [3.8, 4) is 0 Å². The third-order valence-electron chi connectivity index (χ3n) is 5.61. The molecule has 4 unspecified atom stereocenters. The molecule has 1 saturated heterocycles. The molecule has 0 saturated carbocycles. The molecule has 0 bridgehead atoms. The zero-order chi connectivity index (χ0) is 16.6. The highest BCUT2D eigenvalue weighted by atomic mass is 16.5. The first kappa shape index (κ1) is 16.4. The molecular formula is C18H27N3O2. The Balaban J connectivity index is 2.02. The number of ether oxygens (including phenoxy) is 1. The highest BCUT2D eigenvalue weighted by Crippen LogP contribution is 2.43. The molecule has 1 aromatic rings. The van der Waals surface area contributed by atoms with Crippen LogP contribution in [0.3, 0.4) is 0 Å². The molecule has 1 aromatic carbocycles. The summed E-state index contributed by atoms with van der Waals surface area (Å²) in [4.78, 5) is 16.9. The molecular weight excluding hydrogens is 290 g/mol. The van der Waals surface area contributed by atoms with Crippen molar-refractivity contribution in [1.29, 1.82) is 0 Å². The summed E-state index contributed by atoms with van der Waals surface area (Å²) in [5, 5.41) is 0. The predicted octanol–water partition coefficient (Wildman–Crippen LogP) is 1.70. The second-order valence-corrected chi connectivity index (χ2v) is 6.65. The van der Waals surface area contributed by atoms with Crippen LogP contribution in [0.2, 0.25) is 0 Å². The van der Waals surface area contributed by atoms with Crippen LogP contribution in [0.4, 0.5) is 0 Å². The van der Waals surface area contributed by atoms with E-state index in [1.807, 2.05) is 0 Å². The lowest BCUT2D eigenvalue weighted by Crippen LogP contribution is -2.52. The summed E-state index contributed by atoms with van der Waals surface area (Å²) in [6.45, 7) is 3.77. The maximum Gasteiger partial charge on any atom is 0.323 e. The Morgan fingerprint density at radius 1 is 1.35 bits per heavy atom. The topological polar surface area (TPSA) is 58.8 Å². The molecule has 0 amide bonds. The maximum absolute atomic E-state index is 12.2. The van der Waals surface area contributed by atoms with Gasteiger partial charge in [-0.25, -0.2) is 0 Å². The minimum absolute atomic E-state index is 0.115. The van der Waals surface area contributed by atoms with Gasteiger partial charge in [-0.05, 0) is 44.5 Å². The van der Waals surface area contributed by atoms with Crippen molar-refractivity contribution in [2.75, 3.05) is 27.2 Å². The van der Waals surface area contributed by atoms with Crippen molar-refractivity contribution in [2.24, 2.45) is 5.73 Å². The Morgan fingerprint density at radius 3 is 2.70 bits per heavy atom. The molecule has 1 fully saturated rings. The van der Waals surface area contributed by atoms with Crippen LogP contribution in [0, 0.1) is 0 Å². The van der Waals surface area contributed by atoms with Crippen molar-refractivity contribution in [3.63, 3.8) is 0 Å². The third kappa shape index (κ3) is 2.67. The quantitative estimate of drug-likeness (QED) is 0.860. The Labute approximate surface area is 138 Å². The summed E-state index contributed by atoms with van der Waals surface area (Å²) in [5.41, 5.74) is 8.63. The van der Waals surface area contributed by atoms with Gasteiger partial charge in [0.15, 0.2) is 0 Å². The fourth-order valence-corrected chi connectivity index (χ4v) is 4.33. The largest absolute Gasteiger partial charge is 0.468 e. The molecule has 4 atom stereocenters. The van der Waals surface area contributed by atoms with E-state index in [0.717, 1.165) is 19.4 Å². The van der Waals surface area contributed by atoms with Crippen LogP contribution >= 0.6 is 0 Å². The Hall–Kier alpha value is -1.43. The van der Waals surface area contributed by atoms with Gasteiger partial charge in [-0.1, -0.05) is 24.3 Å². The second-order valence-electron chi connectivity index (χ2n) is 6.65. The number of nitrogens with two attached hydrogens (primary N) is 1. The van der Waals surface area contributed by atoms with E-state index in [4.69, 9.17) is 10.5 Å². The van der Waals surface area contributed by atoms with Crippen LogP contribution in [0.1, 0.15) is 43.0 Å². The first-order valence-electron chi connectivity index (χ1n) is 8.44. The molecule has 0 aliphatic carbocycles. The molecule has 3 rings (SSSR count). The summed E-state index contributed by atoms with van der Waals surface area (Å²) < 4.78 is 5.03. The van der Waals surface area contributed by atoms with Crippen LogP contribution in [-0.2, 0) is 9.53 Å². The number of likely N-dealkylation sites (tertiary alicyclic amines) is 1. The molecule has 2 aliphatic heterocycles. The molecule has 0 aromatic heterocycles. The van der Waals surface area contributed by atoms with Crippen molar-refractivity contribution >= 4 is 5.97 Å². The van der Waals surface area contributed by atoms with Gasteiger partial charge in [0.2, 0.25) is 0 Å². The summed E-state index contributed by atoms with van der Waals surface area (Å²) in [6.07, 6.45) is 1.91. The number of hydrogen-bond acceptors (Lipinski definition) is 5. The van der Waals surface area contributed by atoms with E-state index >= 15 is 0 Å². The fraction of sp³-hybridized carbons (Fsp3) is 0.611. The number of methoxy groups -OCH3 is 1. The van der Waals surface area contributed by atoms with E-state index in [9.17, 15) is 4.79 Å². The molecule has 5 nitrogen and oxygen atoms in total. The van der Waals surface area contributed by atoms with E-state index in [-0.39, 0.29) is 24.1 Å². The Kier molecular flexibility index (Phi) is 4.71. The van der Waals surface area contributed by atoms with Crippen LogP contribution in [0.25, 0.3) is 0 Å². The lowest BCUT2D eigenvalue weighted by atomic mass is 9.84. The Bertz CT molecular complexity index is 577. The minimum atomic E-state index is -0.136. The number of hydrogen-bond donors (Lipinski definition) is 1. The molecule has 2 N–H and O–H groups in total. The normalized spacial score (nSPS) is 31.8. The van der Waals surface area contributed by atoms with Gasteiger partial charge in [0, 0.05) is 18.6 Å². The number of likely N-dealkylation sites (N-methyl/N-ethyl adjacent to an activating group) is 1. The fourth-order valence-electron chi connectivity index (χ4n) is 4.33. The van der Waals surface area contributed by atoms with E-state index in [0.29, 0.717) is 12.6 Å². The number of carbonyl (C=O) groups excluding carboxylic acids is 1. The van der Waals surface area contributed by atoms with E-state index in [1.165, 1.54) is 18.2 Å². The van der Waals surface area contributed by atoms with Gasteiger partial charge in [0.1, 0.15) is 6.04 Å². The predicted molar refractivity (Wildman–Crippen MR) is 89.9 cm³/mol. The van der Waals surface area contributed by atoms with Crippen molar-refractivity contribution in [2.45, 2.75) is 43.9 Å². The zero-order valence-corrected chi connectivity index (χ0v) is 14.2. The van der Waals surface area contributed by atoms with Crippen LogP contribution in [0.5, 0.6) is 0 Å². The molecule has 0 radical (unpaired) electrons. The van der Waals surface area contributed by atoms with Gasteiger partial charge in [-0.15, -0.1) is 0 Å². The third-order valence-corrected chi connectivity index (χ3v) is 5.61. The van der Waals surface area contributed by atoms with E-state index in [2.05, 4.69) is 48.0 Å². The van der Waals surface area contributed by atoms with Crippen LogP contribution < -0.4 is 5.73 Å². The monoisotopic (exact) mass is 317 g/mol. The van der Waals surface area contributed by atoms with Crippen molar-refractivity contribution < 1.29 is 9.53 Å². The molecule has 2 heterocycles. The molecule has 2 aliphatic rings. The van der Waals surface area contributed by atoms with Gasteiger partial charge in [0.05, 0.1) is 13.2 Å². The Morgan fingerprint density at radius 2 is 2.04 bits per heavy atom. The lowest BCUT2D eigenvalue weighted by Gasteiger charge is -2.48. The minimum Gasteiger partial charge on any atom is -0.468 e. The summed E-state index contributed by atoms with van der Waals surface area (Å²) in [7, 11) is 3.61. The molecule has 5 heteroatoms. The van der Waals surface area contributed by atoms with Gasteiger partial charge in [0.25, 0.3) is 0 Å². The average Bonchev–Trinajstić information content (AvgIpc) is 3.04. The number of esters is 1. The van der Waals surface area contributed by atoms with Crippen molar-refractivity contribution in [3.05, 3.63) is 35.4 Å². The van der Waals surface area contributed by atoms with E-state index in [1.54, 1.807) is 0 Å². The SMILES string of the molecule is COC(=O)C1CCCN1C1c2ccccc2C(CN)N(C)C1C. The number of fused-ring (bicyclic) bond motifs is 1. The van der Waals surface area contributed by atoms with Crippen LogP contribution in [0.15, 0.2) is 24.3 Å². The van der Waals surface area contributed by atoms with Gasteiger partial charge in [-0.2, -0.15) is 0 Å². The summed E-state index contributed by atoms with van der Waals surface area (Å²) >= 11 is 0. The zero-order valence-electron chi connectivity index (χ0n) is 14.2. The summed E-state index contributed by atoms with van der Waals surface area (Å²) in [5.74, 6) is -0.115. The first-order chi connectivity index (χ1) is 11.1. The first-order valence-corrected chi connectivity index (χ1v) is 8.44. The van der Waals surface area contributed by atoms with Crippen molar-refractivity contribution in [1.82, 2.24) is 9.80 Å².